The second-order valence-corrected chi connectivity index (χ2v) is 6.87. The molecule has 3 rings (SSSR count). The molecule has 0 bridgehead atoms. The lowest BCUT2D eigenvalue weighted by Gasteiger charge is -2.25. The predicted octanol–water partition coefficient (Wildman–Crippen LogP) is 5.14. The monoisotopic (exact) mass is 390 g/mol. The molecule has 29 heavy (non-hydrogen) atoms. The maximum absolute atomic E-state index is 13.4. The van der Waals surface area contributed by atoms with Crippen LogP contribution in [0.3, 0.4) is 0 Å². The number of nitrogens with zero attached hydrogens (tertiary/aromatic N) is 1. The van der Waals surface area contributed by atoms with Gasteiger partial charge >= 0.3 is 0 Å². The summed E-state index contributed by atoms with van der Waals surface area (Å²) in [5, 5.41) is 0. The highest BCUT2D eigenvalue weighted by atomic mass is 16.5. The van der Waals surface area contributed by atoms with Gasteiger partial charge in [-0.25, -0.2) is 0 Å². The van der Waals surface area contributed by atoms with Crippen molar-refractivity contribution in [2.24, 2.45) is 0 Å². The Morgan fingerprint density at radius 1 is 0.931 bits per heavy atom. The second kappa shape index (κ2) is 9.15. The molecule has 0 saturated carbocycles. The number of ether oxygens (including phenoxy) is 2. The molecule has 0 aliphatic heterocycles. The van der Waals surface area contributed by atoms with E-state index in [1.165, 1.54) is 0 Å². The van der Waals surface area contributed by atoms with Crippen molar-refractivity contribution in [2.75, 3.05) is 24.9 Å². The molecule has 0 aliphatic carbocycles. The standard InChI is InChI=1S/C24H26N2O3/c1-17(22-14-13-21(28-2)16-23(22)29-3)15-24(27)26(19-7-5-4-6-8-19)20-11-9-18(25)10-12-20/h4-14,16-17H,15,25H2,1-3H3. The van der Waals surface area contributed by atoms with E-state index in [2.05, 4.69) is 0 Å². The second-order valence-electron chi connectivity index (χ2n) is 6.87. The van der Waals surface area contributed by atoms with Crippen LogP contribution >= 0.6 is 0 Å². The number of carbonyl (C=O) groups is 1. The molecule has 0 fully saturated rings. The van der Waals surface area contributed by atoms with Crippen LogP contribution in [0.15, 0.2) is 72.8 Å². The topological polar surface area (TPSA) is 64.8 Å². The van der Waals surface area contributed by atoms with Crippen molar-refractivity contribution in [1.82, 2.24) is 0 Å². The van der Waals surface area contributed by atoms with Crippen LogP contribution in [0.2, 0.25) is 0 Å². The third-order valence-corrected chi connectivity index (χ3v) is 4.87. The molecule has 2 N–H and O–H groups in total. The molecule has 0 spiro atoms. The van der Waals surface area contributed by atoms with Gasteiger partial charge in [0.25, 0.3) is 0 Å². The highest BCUT2D eigenvalue weighted by Crippen LogP contribution is 2.34. The Morgan fingerprint density at radius 3 is 2.21 bits per heavy atom. The van der Waals surface area contributed by atoms with Crippen molar-refractivity contribution >= 4 is 23.0 Å². The minimum atomic E-state index is -0.0386. The van der Waals surface area contributed by atoms with E-state index in [1.807, 2.05) is 67.6 Å². The number of hydrogen-bond acceptors (Lipinski definition) is 4. The summed E-state index contributed by atoms with van der Waals surface area (Å²) in [6.07, 6.45) is 0.321. The van der Waals surface area contributed by atoms with E-state index in [0.29, 0.717) is 17.9 Å². The van der Waals surface area contributed by atoms with Gasteiger partial charge < -0.3 is 15.2 Å². The van der Waals surface area contributed by atoms with E-state index in [-0.39, 0.29) is 11.8 Å². The molecule has 150 valence electrons. The van der Waals surface area contributed by atoms with Crippen LogP contribution < -0.4 is 20.1 Å². The molecule has 1 atom stereocenters. The number of anilines is 3. The third-order valence-electron chi connectivity index (χ3n) is 4.87. The van der Waals surface area contributed by atoms with E-state index >= 15 is 0 Å². The van der Waals surface area contributed by atoms with Gasteiger partial charge in [0, 0.05) is 29.5 Å². The number of nitrogens with two attached hydrogens (primary N) is 1. The molecular formula is C24H26N2O3. The van der Waals surface area contributed by atoms with Gasteiger partial charge in [0.05, 0.1) is 14.2 Å². The summed E-state index contributed by atoms with van der Waals surface area (Å²) in [5.74, 6) is 1.38. The van der Waals surface area contributed by atoms with Crippen LogP contribution in [-0.4, -0.2) is 20.1 Å². The Hall–Kier alpha value is -3.47. The molecule has 1 unspecified atom stereocenters. The van der Waals surface area contributed by atoms with Crippen molar-refractivity contribution < 1.29 is 14.3 Å². The zero-order valence-electron chi connectivity index (χ0n) is 17.0. The van der Waals surface area contributed by atoms with Gasteiger partial charge in [-0.05, 0) is 53.9 Å². The van der Waals surface area contributed by atoms with Gasteiger partial charge in [-0.15, -0.1) is 0 Å². The summed E-state index contributed by atoms with van der Waals surface area (Å²) in [6.45, 7) is 2.02. The van der Waals surface area contributed by atoms with Gasteiger partial charge in [0.1, 0.15) is 11.5 Å². The highest BCUT2D eigenvalue weighted by Gasteiger charge is 2.22. The minimum Gasteiger partial charge on any atom is -0.497 e. The number of para-hydroxylation sites is 1. The Bertz CT molecular complexity index is 956. The average Bonchev–Trinajstić information content (AvgIpc) is 2.75. The molecule has 1 amide bonds. The van der Waals surface area contributed by atoms with E-state index in [1.54, 1.807) is 31.3 Å². The van der Waals surface area contributed by atoms with Crippen LogP contribution in [0.25, 0.3) is 0 Å². The van der Waals surface area contributed by atoms with Crippen molar-refractivity contribution in [3.05, 3.63) is 78.4 Å². The smallest absolute Gasteiger partial charge is 0.232 e. The lowest BCUT2D eigenvalue weighted by Crippen LogP contribution is -2.27. The van der Waals surface area contributed by atoms with E-state index in [9.17, 15) is 4.79 Å². The zero-order chi connectivity index (χ0) is 20.8. The number of carbonyl (C=O) groups excluding carboxylic acids is 1. The fourth-order valence-corrected chi connectivity index (χ4v) is 3.33. The van der Waals surface area contributed by atoms with Gasteiger partial charge in [0.15, 0.2) is 0 Å². The fourth-order valence-electron chi connectivity index (χ4n) is 3.33. The summed E-state index contributed by atoms with van der Waals surface area (Å²) in [6, 6.07) is 22.6. The van der Waals surface area contributed by atoms with Crippen LogP contribution in [0, 0.1) is 0 Å². The van der Waals surface area contributed by atoms with Crippen molar-refractivity contribution in [1.29, 1.82) is 0 Å². The normalized spacial score (nSPS) is 11.6. The quantitative estimate of drug-likeness (QED) is 0.567. The maximum atomic E-state index is 13.4. The Morgan fingerprint density at radius 2 is 1.59 bits per heavy atom. The summed E-state index contributed by atoms with van der Waals surface area (Å²) in [4.78, 5) is 15.1. The van der Waals surface area contributed by atoms with Gasteiger partial charge in [-0.3, -0.25) is 9.69 Å². The lowest BCUT2D eigenvalue weighted by molar-refractivity contribution is -0.118. The molecule has 5 nitrogen and oxygen atoms in total. The molecule has 0 saturated heterocycles. The lowest BCUT2D eigenvalue weighted by atomic mass is 9.95. The SMILES string of the molecule is COc1ccc(C(C)CC(=O)N(c2ccccc2)c2ccc(N)cc2)c(OC)c1. The molecule has 0 radical (unpaired) electrons. The Labute approximate surface area is 171 Å². The van der Waals surface area contributed by atoms with Crippen LogP contribution in [0.4, 0.5) is 17.1 Å². The highest BCUT2D eigenvalue weighted by molar-refractivity contribution is 6.01. The van der Waals surface area contributed by atoms with Crippen LogP contribution in [0.5, 0.6) is 11.5 Å². The summed E-state index contributed by atoms with van der Waals surface area (Å²) < 4.78 is 10.8. The van der Waals surface area contributed by atoms with Crippen LogP contribution in [-0.2, 0) is 4.79 Å². The van der Waals surface area contributed by atoms with Crippen molar-refractivity contribution in [3.8, 4) is 11.5 Å². The molecule has 5 heteroatoms. The summed E-state index contributed by atoms with van der Waals surface area (Å²) in [7, 11) is 3.24. The molecule has 0 heterocycles. The van der Waals surface area contributed by atoms with Gasteiger partial charge in [-0.1, -0.05) is 31.2 Å². The molecule has 3 aromatic carbocycles. The number of benzene rings is 3. The number of methoxy groups -OCH3 is 2. The minimum absolute atomic E-state index is 0.00802. The first-order valence-electron chi connectivity index (χ1n) is 9.49. The molecular weight excluding hydrogens is 364 g/mol. The zero-order valence-corrected chi connectivity index (χ0v) is 17.0. The van der Waals surface area contributed by atoms with Crippen molar-refractivity contribution in [3.63, 3.8) is 0 Å². The Kier molecular flexibility index (Phi) is 6.39. The predicted molar refractivity (Wildman–Crippen MR) is 117 cm³/mol. The Balaban J connectivity index is 1.90. The van der Waals surface area contributed by atoms with Gasteiger partial charge in [-0.2, -0.15) is 0 Å². The molecule has 0 aliphatic rings. The first kappa shape index (κ1) is 20.3. The third kappa shape index (κ3) is 4.69. The molecule has 3 aromatic rings. The van der Waals surface area contributed by atoms with E-state index in [4.69, 9.17) is 15.2 Å². The van der Waals surface area contributed by atoms with Gasteiger partial charge in [0.2, 0.25) is 5.91 Å². The number of nitrogen functional groups attached to an aromatic ring is 1. The summed E-state index contributed by atoms with van der Waals surface area (Å²) >= 11 is 0. The first-order valence-corrected chi connectivity index (χ1v) is 9.49. The van der Waals surface area contributed by atoms with Crippen molar-refractivity contribution in [2.45, 2.75) is 19.3 Å². The largest absolute Gasteiger partial charge is 0.497 e. The number of hydrogen-bond donors (Lipinski definition) is 1. The van der Waals surface area contributed by atoms with E-state index in [0.717, 1.165) is 22.7 Å². The molecule has 0 aromatic heterocycles. The number of rotatable bonds is 7. The maximum Gasteiger partial charge on any atom is 0.232 e. The number of amides is 1. The average molecular weight is 390 g/mol. The fraction of sp³-hybridized carbons (Fsp3) is 0.208. The van der Waals surface area contributed by atoms with E-state index < -0.39 is 0 Å². The summed E-state index contributed by atoms with van der Waals surface area (Å²) in [5.41, 5.74) is 9.05. The first-order chi connectivity index (χ1) is 14.0. The van der Waals surface area contributed by atoms with Crippen LogP contribution in [0.1, 0.15) is 24.8 Å².